The summed E-state index contributed by atoms with van der Waals surface area (Å²) < 4.78 is 0. The number of imidazole rings is 1. The highest BCUT2D eigenvalue weighted by Gasteiger charge is 2.08. The summed E-state index contributed by atoms with van der Waals surface area (Å²) in [7, 11) is 0. The second-order valence-corrected chi connectivity index (χ2v) is 3.74. The van der Waals surface area contributed by atoms with E-state index in [1.807, 2.05) is 13.0 Å². The van der Waals surface area contributed by atoms with Crippen LogP contribution in [0, 0.1) is 6.92 Å². The molecule has 5 N–H and O–H groups in total. The summed E-state index contributed by atoms with van der Waals surface area (Å²) in [4.78, 5) is 7.11. The quantitative estimate of drug-likeness (QED) is 0.647. The van der Waals surface area contributed by atoms with Gasteiger partial charge in [0.25, 0.3) is 0 Å². The molecule has 5 heteroatoms. The summed E-state index contributed by atoms with van der Waals surface area (Å²) in [6.07, 6.45) is 0. The van der Waals surface area contributed by atoms with Crippen molar-refractivity contribution in [3.63, 3.8) is 0 Å². The van der Waals surface area contributed by atoms with E-state index in [-0.39, 0.29) is 0 Å². The first-order chi connectivity index (χ1) is 7.08. The number of aryl methyl sites for hydroxylation is 1. The number of nitrogens with one attached hydrogen (secondary N) is 1. The molecule has 4 nitrogen and oxygen atoms in total. The Bertz CT molecular complexity index is 504. The Hall–Kier alpha value is -1.68. The SMILES string of the molecule is Cc1[nH]c(N)nc1-c1ccc(Cl)c(N)c1. The number of H-pyrrole nitrogens is 1. The lowest BCUT2D eigenvalue weighted by Crippen LogP contribution is -1.89. The molecule has 0 aliphatic rings. The van der Waals surface area contributed by atoms with Crippen molar-refractivity contribution in [3.05, 3.63) is 28.9 Å². The van der Waals surface area contributed by atoms with Gasteiger partial charge in [-0.2, -0.15) is 0 Å². The molecule has 1 aromatic carbocycles. The first kappa shape index (κ1) is 9.86. The molecule has 1 aromatic heterocycles. The number of aromatic amines is 1. The highest BCUT2D eigenvalue weighted by Crippen LogP contribution is 2.27. The molecule has 1 heterocycles. The maximum Gasteiger partial charge on any atom is 0.198 e. The largest absolute Gasteiger partial charge is 0.398 e. The fourth-order valence-corrected chi connectivity index (χ4v) is 1.57. The molecule has 0 atom stereocenters. The average Bonchev–Trinajstić information content (AvgIpc) is 2.50. The lowest BCUT2D eigenvalue weighted by Gasteiger charge is -2.02. The van der Waals surface area contributed by atoms with E-state index in [9.17, 15) is 0 Å². The number of nitrogens with two attached hydrogens (primary N) is 2. The molecule has 2 rings (SSSR count). The predicted octanol–water partition coefficient (Wildman–Crippen LogP) is 2.20. The third-order valence-corrected chi connectivity index (χ3v) is 2.52. The average molecular weight is 223 g/mol. The summed E-state index contributed by atoms with van der Waals surface area (Å²) in [6, 6.07) is 5.39. The Labute approximate surface area is 92.3 Å². The Morgan fingerprint density at radius 2 is 2.07 bits per heavy atom. The molecular weight excluding hydrogens is 212 g/mol. The van der Waals surface area contributed by atoms with Crippen LogP contribution in [0.25, 0.3) is 11.3 Å². The van der Waals surface area contributed by atoms with Gasteiger partial charge < -0.3 is 16.5 Å². The molecule has 0 fully saturated rings. The third kappa shape index (κ3) is 1.76. The third-order valence-electron chi connectivity index (χ3n) is 2.17. The first-order valence-corrected chi connectivity index (χ1v) is 4.83. The van der Waals surface area contributed by atoms with Gasteiger partial charge in [0.05, 0.1) is 16.4 Å². The molecule has 0 radical (unpaired) electrons. The number of nitrogen functional groups attached to an aromatic ring is 2. The van der Waals surface area contributed by atoms with E-state index in [0.29, 0.717) is 16.7 Å². The summed E-state index contributed by atoms with van der Waals surface area (Å²) in [5, 5.41) is 0.542. The van der Waals surface area contributed by atoms with Gasteiger partial charge in [0, 0.05) is 11.3 Å². The summed E-state index contributed by atoms with van der Waals surface area (Å²) in [6.45, 7) is 1.91. The summed E-state index contributed by atoms with van der Waals surface area (Å²) in [5.41, 5.74) is 14.4. The second kappa shape index (κ2) is 3.47. The maximum absolute atomic E-state index is 5.84. The van der Waals surface area contributed by atoms with Crippen molar-refractivity contribution in [2.45, 2.75) is 6.92 Å². The highest BCUT2D eigenvalue weighted by atomic mass is 35.5. The van der Waals surface area contributed by atoms with Crippen LogP contribution < -0.4 is 11.5 Å². The number of halogens is 1. The molecule has 2 aromatic rings. The number of aromatic nitrogens is 2. The molecule has 0 aliphatic heterocycles. The van der Waals surface area contributed by atoms with Crippen LogP contribution in [0.4, 0.5) is 11.6 Å². The van der Waals surface area contributed by atoms with Crippen molar-refractivity contribution in [1.29, 1.82) is 0 Å². The molecule has 0 unspecified atom stereocenters. The van der Waals surface area contributed by atoms with E-state index < -0.39 is 0 Å². The lowest BCUT2D eigenvalue weighted by atomic mass is 10.1. The fraction of sp³-hybridized carbons (Fsp3) is 0.100. The molecule has 78 valence electrons. The maximum atomic E-state index is 5.84. The van der Waals surface area contributed by atoms with Gasteiger partial charge in [-0.1, -0.05) is 17.7 Å². The van der Waals surface area contributed by atoms with Gasteiger partial charge in [0.1, 0.15) is 0 Å². The van der Waals surface area contributed by atoms with Crippen molar-refractivity contribution in [1.82, 2.24) is 9.97 Å². The topological polar surface area (TPSA) is 80.7 Å². The van der Waals surface area contributed by atoms with Crippen molar-refractivity contribution in [2.24, 2.45) is 0 Å². The Balaban J connectivity index is 2.54. The molecule has 0 saturated carbocycles. The zero-order valence-corrected chi connectivity index (χ0v) is 8.97. The van der Waals surface area contributed by atoms with Crippen LogP contribution in [-0.4, -0.2) is 9.97 Å². The van der Waals surface area contributed by atoms with E-state index >= 15 is 0 Å². The van der Waals surface area contributed by atoms with Crippen molar-refractivity contribution in [3.8, 4) is 11.3 Å². The Morgan fingerprint density at radius 1 is 1.33 bits per heavy atom. The van der Waals surface area contributed by atoms with Crippen LogP contribution >= 0.6 is 11.6 Å². The molecule has 0 saturated heterocycles. The molecule has 15 heavy (non-hydrogen) atoms. The zero-order chi connectivity index (χ0) is 11.0. The van der Waals surface area contributed by atoms with Crippen LogP contribution in [-0.2, 0) is 0 Å². The summed E-state index contributed by atoms with van der Waals surface area (Å²) in [5.74, 6) is 0.399. The highest BCUT2D eigenvalue weighted by molar-refractivity contribution is 6.33. The van der Waals surface area contributed by atoms with Gasteiger partial charge in [0.15, 0.2) is 5.95 Å². The zero-order valence-electron chi connectivity index (χ0n) is 8.21. The number of benzene rings is 1. The standard InChI is InChI=1S/C10H11ClN4/c1-5-9(15-10(13)14-5)6-2-3-7(11)8(12)4-6/h2-4H,12H2,1H3,(H3,13,14,15). The lowest BCUT2D eigenvalue weighted by molar-refractivity contribution is 1.26. The van der Waals surface area contributed by atoms with Crippen molar-refractivity contribution < 1.29 is 0 Å². The van der Waals surface area contributed by atoms with Crippen molar-refractivity contribution in [2.75, 3.05) is 11.5 Å². The predicted molar refractivity (Wildman–Crippen MR) is 62.6 cm³/mol. The Kier molecular flexibility index (Phi) is 2.28. The van der Waals surface area contributed by atoms with Crippen LogP contribution in [0.15, 0.2) is 18.2 Å². The van der Waals surface area contributed by atoms with E-state index in [0.717, 1.165) is 17.0 Å². The monoisotopic (exact) mass is 222 g/mol. The number of hydrogen-bond donors (Lipinski definition) is 3. The van der Waals surface area contributed by atoms with E-state index in [1.54, 1.807) is 12.1 Å². The van der Waals surface area contributed by atoms with Crippen LogP contribution in [0.1, 0.15) is 5.69 Å². The summed E-state index contributed by atoms with van der Waals surface area (Å²) >= 11 is 5.84. The van der Waals surface area contributed by atoms with Gasteiger partial charge in [-0.15, -0.1) is 0 Å². The van der Waals surface area contributed by atoms with Crippen LogP contribution in [0.5, 0.6) is 0 Å². The minimum Gasteiger partial charge on any atom is -0.398 e. The van der Waals surface area contributed by atoms with Gasteiger partial charge in [-0.05, 0) is 19.1 Å². The van der Waals surface area contributed by atoms with Gasteiger partial charge in [-0.3, -0.25) is 0 Å². The molecular formula is C10H11ClN4. The number of rotatable bonds is 1. The molecule has 0 spiro atoms. The van der Waals surface area contributed by atoms with E-state index in [2.05, 4.69) is 9.97 Å². The van der Waals surface area contributed by atoms with E-state index in [4.69, 9.17) is 23.1 Å². The van der Waals surface area contributed by atoms with E-state index in [1.165, 1.54) is 0 Å². The molecule has 0 amide bonds. The first-order valence-electron chi connectivity index (χ1n) is 4.45. The van der Waals surface area contributed by atoms with Crippen LogP contribution in [0.3, 0.4) is 0 Å². The second-order valence-electron chi connectivity index (χ2n) is 3.33. The number of anilines is 2. The normalized spacial score (nSPS) is 10.5. The van der Waals surface area contributed by atoms with Gasteiger partial charge in [0.2, 0.25) is 0 Å². The minimum atomic E-state index is 0.399. The fourth-order valence-electron chi connectivity index (χ4n) is 1.46. The smallest absolute Gasteiger partial charge is 0.198 e. The van der Waals surface area contributed by atoms with Gasteiger partial charge >= 0.3 is 0 Å². The minimum absolute atomic E-state index is 0.399. The number of hydrogen-bond acceptors (Lipinski definition) is 3. The molecule has 0 bridgehead atoms. The van der Waals surface area contributed by atoms with Crippen LogP contribution in [0.2, 0.25) is 5.02 Å². The Morgan fingerprint density at radius 3 is 2.60 bits per heavy atom. The van der Waals surface area contributed by atoms with Gasteiger partial charge in [-0.25, -0.2) is 4.98 Å². The number of nitrogens with zero attached hydrogens (tertiary/aromatic N) is 1. The molecule has 0 aliphatic carbocycles. The van der Waals surface area contributed by atoms with Crippen molar-refractivity contribution >= 4 is 23.2 Å².